The molecule has 0 saturated carbocycles. The van der Waals surface area contributed by atoms with Gasteiger partial charge in [-0.1, -0.05) is 19.1 Å². The van der Waals surface area contributed by atoms with E-state index in [2.05, 4.69) is 18.2 Å². The van der Waals surface area contributed by atoms with Gasteiger partial charge in [0.1, 0.15) is 11.5 Å². The predicted molar refractivity (Wildman–Crippen MR) is 98.9 cm³/mol. The number of hydrogen-bond donors (Lipinski definition) is 2. The molecule has 0 radical (unpaired) electrons. The summed E-state index contributed by atoms with van der Waals surface area (Å²) in [5.41, 5.74) is 1.74. The summed E-state index contributed by atoms with van der Waals surface area (Å²) in [6.07, 6.45) is 17.3. The molecular weight excluding hydrogens is 302 g/mol. The number of amides is 1. The lowest BCUT2D eigenvalue weighted by atomic mass is 10.1. The molecule has 2 N–H and O–H groups in total. The lowest BCUT2D eigenvalue weighted by Gasteiger charge is -2.09. The molecule has 0 saturated heterocycles. The Balaban J connectivity index is 0.00000254. The molecule has 24 heavy (non-hydrogen) atoms. The summed E-state index contributed by atoms with van der Waals surface area (Å²) in [6.45, 7) is 7.16. The number of furan rings is 1. The highest BCUT2D eigenvalue weighted by atomic mass is 16.3. The maximum absolute atomic E-state index is 12.4. The van der Waals surface area contributed by atoms with Gasteiger partial charge in [-0.05, 0) is 57.0 Å². The highest BCUT2D eigenvalue weighted by Gasteiger charge is 2.14. The summed E-state index contributed by atoms with van der Waals surface area (Å²) in [7, 11) is 0. The van der Waals surface area contributed by atoms with Crippen molar-refractivity contribution < 1.29 is 14.3 Å². The third-order valence-electron chi connectivity index (χ3n) is 3.09. The van der Waals surface area contributed by atoms with Crippen molar-refractivity contribution in [3.8, 4) is 12.8 Å². The van der Waals surface area contributed by atoms with Crippen LogP contribution in [0.25, 0.3) is 5.57 Å². The van der Waals surface area contributed by atoms with Crippen LogP contribution in [0, 0.1) is 12.8 Å². The van der Waals surface area contributed by atoms with Crippen molar-refractivity contribution in [1.82, 2.24) is 5.32 Å². The van der Waals surface area contributed by atoms with E-state index in [0.717, 1.165) is 5.57 Å². The Hall–Kier alpha value is -2.93. The Morgan fingerprint density at radius 3 is 2.46 bits per heavy atom. The van der Waals surface area contributed by atoms with Gasteiger partial charge in [0.15, 0.2) is 0 Å². The molecule has 0 unspecified atom stereocenters. The van der Waals surface area contributed by atoms with E-state index in [-0.39, 0.29) is 17.2 Å². The van der Waals surface area contributed by atoms with Gasteiger partial charge in [-0.3, -0.25) is 4.79 Å². The molecule has 0 aliphatic heterocycles. The number of aliphatic hydroxyl groups is 1. The highest BCUT2D eigenvalue weighted by Crippen LogP contribution is 2.21. The standard InChI is InChI=1S/C18H23NO3.C2H2/c1-5-9-15(7-3)19-18(21)16(13(4)20)12-14(6-2)17-10-8-11-22-17;1-2/h5,7-12,20H,6H2,1-4H3,(H,19,21);1-2H/b9-5-,14-12+,15-7+,16-13-;. The highest BCUT2D eigenvalue weighted by molar-refractivity contribution is 5.99. The number of rotatable bonds is 6. The third-order valence-corrected chi connectivity index (χ3v) is 3.09. The van der Waals surface area contributed by atoms with E-state index in [9.17, 15) is 9.90 Å². The van der Waals surface area contributed by atoms with Crippen molar-refractivity contribution in [2.45, 2.75) is 34.1 Å². The van der Waals surface area contributed by atoms with Crippen molar-refractivity contribution >= 4 is 11.5 Å². The Morgan fingerprint density at radius 2 is 2.04 bits per heavy atom. The predicted octanol–water partition coefficient (Wildman–Crippen LogP) is 4.75. The van der Waals surface area contributed by atoms with Crippen LogP contribution < -0.4 is 5.32 Å². The van der Waals surface area contributed by atoms with E-state index < -0.39 is 0 Å². The van der Waals surface area contributed by atoms with Crippen LogP contribution in [0.5, 0.6) is 0 Å². The van der Waals surface area contributed by atoms with Crippen molar-refractivity contribution in [3.63, 3.8) is 0 Å². The van der Waals surface area contributed by atoms with E-state index >= 15 is 0 Å². The van der Waals surface area contributed by atoms with Crippen LogP contribution in [0.1, 0.15) is 39.9 Å². The van der Waals surface area contributed by atoms with Crippen LogP contribution in [0.15, 0.2) is 64.1 Å². The number of aliphatic hydroxyl groups excluding tert-OH is 1. The van der Waals surface area contributed by atoms with Crippen LogP contribution >= 0.6 is 0 Å². The summed E-state index contributed by atoms with van der Waals surface area (Å²) >= 11 is 0. The number of allylic oxidation sites excluding steroid dienone is 5. The molecule has 1 rings (SSSR count). The first-order chi connectivity index (χ1) is 11.5. The summed E-state index contributed by atoms with van der Waals surface area (Å²) in [6, 6.07) is 3.62. The second kappa shape index (κ2) is 11.6. The van der Waals surface area contributed by atoms with Crippen LogP contribution in [0.3, 0.4) is 0 Å². The smallest absolute Gasteiger partial charge is 0.259 e. The Labute approximate surface area is 144 Å². The summed E-state index contributed by atoms with van der Waals surface area (Å²) in [4.78, 5) is 12.4. The number of nitrogens with one attached hydrogen (secondary N) is 1. The first-order valence-corrected chi connectivity index (χ1v) is 7.61. The topological polar surface area (TPSA) is 62.5 Å². The zero-order chi connectivity index (χ0) is 18.5. The molecule has 128 valence electrons. The normalized spacial score (nSPS) is 13.1. The van der Waals surface area contributed by atoms with Crippen LogP contribution in [0.4, 0.5) is 0 Å². The molecule has 4 heteroatoms. The molecule has 4 nitrogen and oxygen atoms in total. The molecule has 1 heterocycles. The summed E-state index contributed by atoms with van der Waals surface area (Å²) in [5, 5.41) is 12.6. The second-order valence-corrected chi connectivity index (χ2v) is 4.70. The minimum Gasteiger partial charge on any atom is -0.512 e. The van der Waals surface area contributed by atoms with E-state index in [0.29, 0.717) is 17.9 Å². The van der Waals surface area contributed by atoms with Gasteiger partial charge in [0.25, 0.3) is 5.91 Å². The Kier molecular flexibility index (Phi) is 10.2. The molecule has 0 aliphatic carbocycles. The summed E-state index contributed by atoms with van der Waals surface area (Å²) < 4.78 is 5.36. The Bertz CT molecular complexity index is 652. The quantitative estimate of drug-likeness (QED) is 0.343. The minimum atomic E-state index is -0.358. The zero-order valence-electron chi connectivity index (χ0n) is 14.7. The average Bonchev–Trinajstić information content (AvgIpc) is 3.11. The molecular formula is C20H25NO3. The fourth-order valence-electron chi connectivity index (χ4n) is 1.91. The first-order valence-electron chi connectivity index (χ1n) is 7.61. The molecule has 0 fully saturated rings. The van der Waals surface area contributed by atoms with E-state index in [1.54, 1.807) is 30.6 Å². The van der Waals surface area contributed by atoms with Gasteiger partial charge in [0, 0.05) is 5.70 Å². The SMILES string of the molecule is C#C.C/C=C\C(=C/C)NC(=O)C(/C=C(\CC)c1ccco1)=C(/C)O. The van der Waals surface area contributed by atoms with Crippen LogP contribution in [-0.4, -0.2) is 11.0 Å². The van der Waals surface area contributed by atoms with Gasteiger partial charge in [-0.15, -0.1) is 12.8 Å². The van der Waals surface area contributed by atoms with Crippen LogP contribution in [-0.2, 0) is 4.79 Å². The van der Waals surface area contributed by atoms with Gasteiger partial charge in [-0.25, -0.2) is 0 Å². The van der Waals surface area contributed by atoms with Crippen molar-refractivity contribution in [2.24, 2.45) is 0 Å². The monoisotopic (exact) mass is 327 g/mol. The van der Waals surface area contributed by atoms with Crippen molar-refractivity contribution in [3.05, 3.63) is 65.5 Å². The molecule has 1 aromatic rings. The number of carbonyl (C=O) groups is 1. The molecule has 0 atom stereocenters. The van der Waals surface area contributed by atoms with Crippen molar-refractivity contribution in [2.75, 3.05) is 0 Å². The fraction of sp³-hybridized carbons (Fsp3) is 0.250. The number of carbonyl (C=O) groups excluding carboxylic acids is 1. The zero-order valence-corrected chi connectivity index (χ0v) is 14.7. The molecule has 0 aromatic carbocycles. The lowest BCUT2D eigenvalue weighted by Crippen LogP contribution is -2.24. The maximum Gasteiger partial charge on any atom is 0.259 e. The lowest BCUT2D eigenvalue weighted by molar-refractivity contribution is -0.116. The molecule has 0 spiro atoms. The first kappa shape index (κ1) is 21.1. The van der Waals surface area contributed by atoms with Crippen LogP contribution in [0.2, 0.25) is 0 Å². The third kappa shape index (κ3) is 6.45. The van der Waals surface area contributed by atoms with E-state index in [4.69, 9.17) is 4.42 Å². The molecule has 1 amide bonds. The molecule has 0 bridgehead atoms. The van der Waals surface area contributed by atoms with Gasteiger partial charge in [0.2, 0.25) is 0 Å². The van der Waals surface area contributed by atoms with E-state index in [1.807, 2.05) is 32.9 Å². The second-order valence-electron chi connectivity index (χ2n) is 4.70. The van der Waals surface area contributed by atoms with Gasteiger partial charge in [0.05, 0.1) is 11.8 Å². The number of hydrogen-bond acceptors (Lipinski definition) is 3. The minimum absolute atomic E-state index is 0.0362. The Morgan fingerprint density at radius 1 is 1.38 bits per heavy atom. The maximum atomic E-state index is 12.4. The largest absolute Gasteiger partial charge is 0.512 e. The number of terminal acetylenes is 1. The van der Waals surface area contributed by atoms with E-state index in [1.165, 1.54) is 6.92 Å². The molecule has 1 aromatic heterocycles. The average molecular weight is 327 g/mol. The molecule has 0 aliphatic rings. The summed E-state index contributed by atoms with van der Waals surface area (Å²) in [5.74, 6) is 0.295. The van der Waals surface area contributed by atoms with Gasteiger partial charge >= 0.3 is 0 Å². The van der Waals surface area contributed by atoms with Gasteiger partial charge in [-0.2, -0.15) is 0 Å². The van der Waals surface area contributed by atoms with Crippen molar-refractivity contribution in [1.29, 1.82) is 0 Å². The fourth-order valence-corrected chi connectivity index (χ4v) is 1.91. The van der Waals surface area contributed by atoms with Gasteiger partial charge < -0.3 is 14.8 Å².